The molecule has 40 heavy (non-hydrogen) atoms. The van der Waals surface area contributed by atoms with Crippen LogP contribution in [0.25, 0.3) is 0 Å². The van der Waals surface area contributed by atoms with Crippen molar-refractivity contribution >= 4 is 35.8 Å². The molecule has 0 radical (unpaired) electrons. The SMILES string of the molecule is C=CC(=O)OCC(CC)(COC(=O)C=C)COC(=O)CCC(=O)OCC(CC)(COC(=O)C=C)COC(=O)C=C. The first-order valence-corrected chi connectivity index (χ1v) is 12.4. The summed E-state index contributed by atoms with van der Waals surface area (Å²) in [4.78, 5) is 70.9. The summed E-state index contributed by atoms with van der Waals surface area (Å²) in [6.45, 7) is 15.3. The lowest BCUT2D eigenvalue weighted by molar-refractivity contribution is -0.164. The fourth-order valence-corrected chi connectivity index (χ4v) is 2.81. The average molecular weight is 567 g/mol. The fraction of sp³-hybridized carbons (Fsp3) is 0.500. The number of rotatable bonds is 21. The van der Waals surface area contributed by atoms with E-state index >= 15 is 0 Å². The normalized spacial score (nSPS) is 10.8. The van der Waals surface area contributed by atoms with Gasteiger partial charge in [-0.2, -0.15) is 0 Å². The topological polar surface area (TPSA) is 158 Å². The number of ether oxygens (including phenoxy) is 6. The second kappa shape index (κ2) is 18.9. The Morgan fingerprint density at radius 1 is 0.475 bits per heavy atom. The highest BCUT2D eigenvalue weighted by Gasteiger charge is 2.35. The molecular weight excluding hydrogens is 528 g/mol. The zero-order valence-electron chi connectivity index (χ0n) is 23.1. The molecule has 0 N–H and O–H groups in total. The first-order chi connectivity index (χ1) is 18.9. The molecule has 0 aliphatic carbocycles. The zero-order valence-corrected chi connectivity index (χ0v) is 23.1. The van der Waals surface area contributed by atoms with E-state index < -0.39 is 46.6 Å². The Balaban J connectivity index is 5.12. The number of hydrogen-bond donors (Lipinski definition) is 0. The van der Waals surface area contributed by atoms with Gasteiger partial charge in [0.05, 0.1) is 23.7 Å². The maximum atomic E-state index is 12.4. The van der Waals surface area contributed by atoms with Crippen LogP contribution in [0.4, 0.5) is 0 Å². The number of esters is 6. The molecule has 0 aliphatic rings. The molecule has 0 rings (SSSR count). The maximum absolute atomic E-state index is 12.4. The molecule has 222 valence electrons. The van der Waals surface area contributed by atoms with E-state index in [1.807, 2.05) is 0 Å². The molecule has 0 atom stereocenters. The monoisotopic (exact) mass is 566 g/mol. The fourth-order valence-electron chi connectivity index (χ4n) is 2.81. The maximum Gasteiger partial charge on any atom is 0.330 e. The molecule has 0 saturated heterocycles. The van der Waals surface area contributed by atoms with E-state index in [4.69, 9.17) is 28.4 Å². The van der Waals surface area contributed by atoms with E-state index in [2.05, 4.69) is 26.3 Å². The van der Waals surface area contributed by atoms with Crippen LogP contribution in [0.2, 0.25) is 0 Å². The van der Waals surface area contributed by atoms with E-state index in [1.54, 1.807) is 13.8 Å². The lowest BCUT2D eigenvalue weighted by Crippen LogP contribution is -2.39. The first kappa shape index (κ1) is 35.8. The van der Waals surface area contributed by atoms with Gasteiger partial charge < -0.3 is 28.4 Å². The summed E-state index contributed by atoms with van der Waals surface area (Å²) in [5.41, 5.74) is -2.08. The van der Waals surface area contributed by atoms with Crippen LogP contribution < -0.4 is 0 Å². The summed E-state index contributed by atoms with van der Waals surface area (Å²) in [5, 5.41) is 0. The first-order valence-electron chi connectivity index (χ1n) is 12.4. The van der Waals surface area contributed by atoms with E-state index in [9.17, 15) is 28.8 Å². The lowest BCUT2D eigenvalue weighted by Gasteiger charge is -2.31. The van der Waals surface area contributed by atoms with Crippen molar-refractivity contribution in [1.29, 1.82) is 0 Å². The molecular formula is C28H38O12. The Morgan fingerprint density at radius 3 is 0.900 bits per heavy atom. The summed E-state index contributed by atoms with van der Waals surface area (Å²) in [7, 11) is 0. The van der Waals surface area contributed by atoms with Crippen molar-refractivity contribution in [3.63, 3.8) is 0 Å². The third-order valence-corrected chi connectivity index (χ3v) is 5.86. The molecule has 0 spiro atoms. The van der Waals surface area contributed by atoms with Gasteiger partial charge in [0.2, 0.25) is 0 Å². The summed E-state index contributed by atoms with van der Waals surface area (Å²) >= 11 is 0. The summed E-state index contributed by atoms with van der Waals surface area (Å²) in [6.07, 6.45) is 3.80. The molecule has 0 aromatic heterocycles. The van der Waals surface area contributed by atoms with Crippen molar-refractivity contribution in [1.82, 2.24) is 0 Å². The van der Waals surface area contributed by atoms with Gasteiger partial charge in [0, 0.05) is 24.3 Å². The van der Waals surface area contributed by atoms with Crippen LogP contribution in [0.5, 0.6) is 0 Å². The molecule has 12 nitrogen and oxygen atoms in total. The predicted molar refractivity (Wildman–Crippen MR) is 141 cm³/mol. The average Bonchev–Trinajstić information content (AvgIpc) is 2.98. The minimum Gasteiger partial charge on any atom is -0.465 e. The quantitative estimate of drug-likeness (QED) is 0.114. The van der Waals surface area contributed by atoms with Crippen LogP contribution in [-0.4, -0.2) is 75.5 Å². The Bertz CT molecular complexity index is 825. The third kappa shape index (κ3) is 14.1. The molecule has 0 aliphatic heterocycles. The Kier molecular flexibility index (Phi) is 16.9. The zero-order chi connectivity index (χ0) is 30.6. The minimum atomic E-state index is -1.04. The van der Waals surface area contributed by atoms with Gasteiger partial charge in [-0.3, -0.25) is 9.59 Å². The highest BCUT2D eigenvalue weighted by atomic mass is 16.6. The summed E-state index contributed by atoms with van der Waals surface area (Å²) in [6, 6.07) is 0. The number of carbonyl (C=O) groups is 6. The van der Waals surface area contributed by atoms with Gasteiger partial charge in [-0.05, 0) is 12.8 Å². The minimum absolute atomic E-state index is 0.222. The van der Waals surface area contributed by atoms with Gasteiger partial charge in [0.1, 0.15) is 39.6 Å². The number of carbonyl (C=O) groups excluding carboxylic acids is 6. The van der Waals surface area contributed by atoms with Gasteiger partial charge in [-0.15, -0.1) is 0 Å². The predicted octanol–water partition coefficient (Wildman–Crippen LogP) is 2.56. The van der Waals surface area contributed by atoms with Gasteiger partial charge in [0.25, 0.3) is 0 Å². The van der Waals surface area contributed by atoms with Crippen LogP contribution in [0.1, 0.15) is 39.5 Å². The van der Waals surface area contributed by atoms with Crippen LogP contribution in [0, 0.1) is 10.8 Å². The van der Waals surface area contributed by atoms with Gasteiger partial charge in [-0.25, -0.2) is 19.2 Å². The van der Waals surface area contributed by atoms with Crippen molar-refractivity contribution in [2.45, 2.75) is 39.5 Å². The molecule has 0 saturated carbocycles. The van der Waals surface area contributed by atoms with E-state index in [0.717, 1.165) is 24.3 Å². The smallest absolute Gasteiger partial charge is 0.330 e. The molecule has 0 unspecified atom stereocenters. The molecule has 0 fully saturated rings. The molecule has 0 amide bonds. The Labute approximate surface area is 233 Å². The van der Waals surface area contributed by atoms with E-state index in [1.165, 1.54) is 0 Å². The molecule has 12 heteroatoms. The van der Waals surface area contributed by atoms with Crippen LogP contribution >= 0.6 is 0 Å². The highest BCUT2D eigenvalue weighted by molar-refractivity contribution is 5.82. The van der Waals surface area contributed by atoms with Crippen LogP contribution in [-0.2, 0) is 57.2 Å². The van der Waals surface area contributed by atoms with E-state index in [0.29, 0.717) is 12.8 Å². The summed E-state index contributed by atoms with van der Waals surface area (Å²) in [5.74, 6) is -4.32. The third-order valence-electron chi connectivity index (χ3n) is 5.86. The van der Waals surface area contributed by atoms with Crippen molar-refractivity contribution in [3.8, 4) is 0 Å². The van der Waals surface area contributed by atoms with Crippen molar-refractivity contribution < 1.29 is 57.2 Å². The van der Waals surface area contributed by atoms with E-state index in [-0.39, 0.29) is 52.5 Å². The lowest BCUT2D eigenvalue weighted by atomic mass is 9.88. The second-order valence-electron chi connectivity index (χ2n) is 8.78. The van der Waals surface area contributed by atoms with Crippen molar-refractivity contribution in [2.75, 3.05) is 39.6 Å². The second-order valence-corrected chi connectivity index (χ2v) is 8.78. The Hall–Kier alpha value is -4.22. The Morgan fingerprint density at radius 2 is 0.700 bits per heavy atom. The largest absolute Gasteiger partial charge is 0.465 e. The van der Waals surface area contributed by atoms with Crippen molar-refractivity contribution in [3.05, 3.63) is 50.6 Å². The highest BCUT2D eigenvalue weighted by Crippen LogP contribution is 2.26. The van der Waals surface area contributed by atoms with Crippen LogP contribution in [0.3, 0.4) is 0 Å². The molecule has 0 aromatic carbocycles. The number of hydrogen-bond acceptors (Lipinski definition) is 12. The van der Waals surface area contributed by atoms with Gasteiger partial charge in [0.15, 0.2) is 0 Å². The van der Waals surface area contributed by atoms with Crippen LogP contribution in [0.15, 0.2) is 50.6 Å². The molecule has 0 bridgehead atoms. The van der Waals surface area contributed by atoms with Gasteiger partial charge >= 0.3 is 35.8 Å². The van der Waals surface area contributed by atoms with Gasteiger partial charge in [-0.1, -0.05) is 40.2 Å². The summed E-state index contributed by atoms with van der Waals surface area (Å²) < 4.78 is 30.9. The molecule has 0 aromatic rings. The van der Waals surface area contributed by atoms with Crippen molar-refractivity contribution in [2.24, 2.45) is 10.8 Å². The standard InChI is InChI=1S/C28H38O12/c1-7-21(29)35-15-27(11-5,16-36-22(30)8-2)19-39-25(33)13-14-26(34)40-20-28(12-6,17-37-23(31)9-3)18-38-24(32)10-4/h7-10H,1-4,11-20H2,5-6H3. The molecule has 0 heterocycles.